The average Bonchev–Trinajstić information content (AvgIpc) is 2.74. The van der Waals surface area contributed by atoms with Gasteiger partial charge in [0.15, 0.2) is 0 Å². The van der Waals surface area contributed by atoms with Crippen molar-refractivity contribution in [3.05, 3.63) is 70.3 Å². The smallest absolute Gasteiger partial charge is 0.258 e. The number of amides is 1. The van der Waals surface area contributed by atoms with Crippen molar-refractivity contribution in [3.8, 4) is 5.75 Å². The van der Waals surface area contributed by atoms with Crippen LogP contribution >= 0.6 is 0 Å². The van der Waals surface area contributed by atoms with Gasteiger partial charge in [0.25, 0.3) is 5.56 Å². The summed E-state index contributed by atoms with van der Waals surface area (Å²) in [5.74, 6) is 1.32. The summed E-state index contributed by atoms with van der Waals surface area (Å²) in [5.41, 5.74) is 1.81. The number of benzene rings is 2. The zero-order valence-corrected chi connectivity index (χ0v) is 19.6. The van der Waals surface area contributed by atoms with Gasteiger partial charge in [0.05, 0.1) is 24.1 Å². The van der Waals surface area contributed by atoms with E-state index in [1.165, 1.54) is 5.56 Å². The summed E-state index contributed by atoms with van der Waals surface area (Å²) in [6.45, 7) is 11.2. The highest BCUT2D eigenvalue weighted by Crippen LogP contribution is 2.24. The van der Waals surface area contributed by atoms with Crippen LogP contribution in [0.4, 0.5) is 0 Å². The highest BCUT2D eigenvalue weighted by Gasteiger charge is 2.19. The van der Waals surface area contributed by atoms with Crippen LogP contribution < -0.4 is 10.3 Å². The molecule has 6 heteroatoms. The summed E-state index contributed by atoms with van der Waals surface area (Å²) in [4.78, 5) is 34.3. The molecule has 0 bridgehead atoms. The Morgan fingerprint density at radius 1 is 1.09 bits per heavy atom. The van der Waals surface area contributed by atoms with Gasteiger partial charge < -0.3 is 14.6 Å². The Bertz CT molecular complexity index is 1110. The summed E-state index contributed by atoms with van der Waals surface area (Å²) in [5, 5.41) is 0.548. The number of hydrogen-bond donors (Lipinski definition) is 1. The van der Waals surface area contributed by atoms with E-state index < -0.39 is 0 Å². The lowest BCUT2D eigenvalue weighted by Gasteiger charge is -2.26. The number of rotatable bonds is 8. The fourth-order valence-electron chi connectivity index (χ4n) is 3.54. The third-order valence-corrected chi connectivity index (χ3v) is 5.45. The lowest BCUT2D eigenvalue weighted by atomic mass is 9.87. The molecule has 2 aromatic carbocycles. The van der Waals surface area contributed by atoms with E-state index >= 15 is 0 Å². The van der Waals surface area contributed by atoms with E-state index in [4.69, 9.17) is 4.74 Å². The van der Waals surface area contributed by atoms with Crippen LogP contribution in [0.5, 0.6) is 5.75 Å². The lowest BCUT2D eigenvalue weighted by molar-refractivity contribution is -0.133. The molecule has 32 heavy (non-hydrogen) atoms. The second-order valence-corrected chi connectivity index (χ2v) is 9.37. The molecular formula is C26H33N3O3. The third-order valence-electron chi connectivity index (χ3n) is 5.45. The van der Waals surface area contributed by atoms with Crippen molar-refractivity contribution < 1.29 is 9.53 Å². The summed E-state index contributed by atoms with van der Waals surface area (Å²) in [7, 11) is 0. The first kappa shape index (κ1) is 23.5. The van der Waals surface area contributed by atoms with Crippen molar-refractivity contribution >= 4 is 16.8 Å². The Kier molecular flexibility index (Phi) is 7.33. The molecule has 6 nitrogen and oxygen atoms in total. The fraction of sp³-hybridized carbons (Fsp3) is 0.423. The quantitative estimate of drug-likeness (QED) is 0.515. The molecule has 1 aromatic heterocycles. The Labute approximate surface area is 189 Å². The number of fused-ring (bicyclic) bond motifs is 1. The van der Waals surface area contributed by atoms with E-state index in [2.05, 4.69) is 42.9 Å². The maximum atomic E-state index is 12.9. The SMILES string of the molecule is CC(C)N(Cc1nc2ccccc2c(=O)[nH]1)C(=O)CCCOc1ccc(C(C)(C)C)cc1. The molecule has 0 atom stereocenters. The normalized spacial score (nSPS) is 11.7. The molecule has 3 rings (SSSR count). The minimum absolute atomic E-state index is 0.00914. The summed E-state index contributed by atoms with van der Waals surface area (Å²) in [6.07, 6.45) is 0.987. The van der Waals surface area contributed by atoms with Gasteiger partial charge in [0.1, 0.15) is 11.6 Å². The maximum absolute atomic E-state index is 12.9. The van der Waals surface area contributed by atoms with E-state index in [9.17, 15) is 9.59 Å². The Morgan fingerprint density at radius 3 is 2.44 bits per heavy atom. The van der Waals surface area contributed by atoms with Gasteiger partial charge in [-0.25, -0.2) is 4.98 Å². The molecule has 1 N–H and O–H groups in total. The maximum Gasteiger partial charge on any atom is 0.258 e. The largest absolute Gasteiger partial charge is 0.494 e. The molecule has 1 amide bonds. The van der Waals surface area contributed by atoms with Crippen molar-refractivity contribution in [3.63, 3.8) is 0 Å². The molecule has 0 aliphatic carbocycles. The van der Waals surface area contributed by atoms with Crippen molar-refractivity contribution in [2.45, 2.75) is 65.5 Å². The second-order valence-electron chi connectivity index (χ2n) is 9.37. The molecule has 0 radical (unpaired) electrons. The van der Waals surface area contributed by atoms with Crippen molar-refractivity contribution in [2.75, 3.05) is 6.61 Å². The number of para-hydroxylation sites is 1. The molecule has 1 heterocycles. The van der Waals surface area contributed by atoms with Gasteiger partial charge in [-0.1, -0.05) is 45.0 Å². The van der Waals surface area contributed by atoms with Crippen LogP contribution in [0.2, 0.25) is 0 Å². The number of hydrogen-bond acceptors (Lipinski definition) is 4. The monoisotopic (exact) mass is 435 g/mol. The summed E-state index contributed by atoms with van der Waals surface area (Å²) in [6, 6.07) is 15.3. The Balaban J connectivity index is 1.56. The van der Waals surface area contributed by atoms with Crippen molar-refractivity contribution in [2.24, 2.45) is 0 Å². The number of H-pyrrole nitrogens is 1. The zero-order chi connectivity index (χ0) is 23.3. The van der Waals surface area contributed by atoms with E-state index in [-0.39, 0.29) is 29.5 Å². The number of aromatic nitrogens is 2. The molecule has 170 valence electrons. The molecule has 0 saturated heterocycles. The first-order valence-electron chi connectivity index (χ1n) is 11.2. The number of carbonyl (C=O) groups excluding carboxylic acids is 1. The minimum atomic E-state index is -0.187. The molecule has 0 saturated carbocycles. The molecule has 0 spiro atoms. The standard InChI is InChI=1S/C26H33N3O3/c1-18(2)29(17-23-27-22-10-7-6-9-21(22)25(31)28-23)24(30)11-8-16-32-20-14-12-19(13-15-20)26(3,4)5/h6-7,9-10,12-15,18H,8,11,16-17H2,1-5H3,(H,27,28,31). The minimum Gasteiger partial charge on any atom is -0.494 e. The van der Waals surface area contributed by atoms with Crippen LogP contribution in [0.25, 0.3) is 10.9 Å². The predicted molar refractivity (Wildman–Crippen MR) is 128 cm³/mol. The highest BCUT2D eigenvalue weighted by atomic mass is 16.5. The van der Waals surface area contributed by atoms with Gasteiger partial charge in [0.2, 0.25) is 5.91 Å². The van der Waals surface area contributed by atoms with E-state index in [0.717, 1.165) is 5.75 Å². The van der Waals surface area contributed by atoms with Crippen LogP contribution in [-0.4, -0.2) is 33.4 Å². The molecule has 0 unspecified atom stereocenters. The molecule has 3 aromatic rings. The first-order valence-corrected chi connectivity index (χ1v) is 11.2. The van der Waals surface area contributed by atoms with Crippen LogP contribution in [-0.2, 0) is 16.8 Å². The Morgan fingerprint density at radius 2 is 1.78 bits per heavy atom. The van der Waals surface area contributed by atoms with Crippen molar-refractivity contribution in [1.82, 2.24) is 14.9 Å². The number of aromatic amines is 1. The topological polar surface area (TPSA) is 75.3 Å². The summed E-state index contributed by atoms with van der Waals surface area (Å²) >= 11 is 0. The lowest BCUT2D eigenvalue weighted by Crippen LogP contribution is -2.37. The molecular weight excluding hydrogens is 402 g/mol. The van der Waals surface area contributed by atoms with Gasteiger partial charge in [-0.15, -0.1) is 0 Å². The van der Waals surface area contributed by atoms with E-state index in [1.807, 2.05) is 38.1 Å². The Hall–Kier alpha value is -3.15. The van der Waals surface area contributed by atoms with Gasteiger partial charge in [-0.05, 0) is 55.5 Å². The van der Waals surface area contributed by atoms with Gasteiger partial charge >= 0.3 is 0 Å². The van der Waals surface area contributed by atoms with Crippen molar-refractivity contribution in [1.29, 1.82) is 0 Å². The zero-order valence-electron chi connectivity index (χ0n) is 19.6. The number of ether oxygens (including phenoxy) is 1. The van der Waals surface area contributed by atoms with Gasteiger partial charge in [0, 0.05) is 12.5 Å². The number of nitrogens with one attached hydrogen (secondary N) is 1. The molecule has 0 fully saturated rings. The predicted octanol–water partition coefficient (Wildman–Crippen LogP) is 4.82. The second kappa shape index (κ2) is 9.98. The third kappa shape index (κ3) is 5.96. The number of nitrogens with zero attached hydrogens (tertiary/aromatic N) is 2. The van der Waals surface area contributed by atoms with Crippen LogP contribution in [0.1, 0.15) is 58.8 Å². The number of carbonyl (C=O) groups is 1. The molecule has 0 aliphatic heterocycles. The summed E-state index contributed by atoms with van der Waals surface area (Å²) < 4.78 is 5.82. The van der Waals surface area contributed by atoms with Crippen LogP contribution in [0.3, 0.4) is 0 Å². The van der Waals surface area contributed by atoms with Crippen LogP contribution in [0.15, 0.2) is 53.3 Å². The fourth-order valence-corrected chi connectivity index (χ4v) is 3.54. The molecule has 0 aliphatic rings. The van der Waals surface area contributed by atoms with E-state index in [1.54, 1.807) is 17.0 Å². The average molecular weight is 436 g/mol. The van der Waals surface area contributed by atoms with E-state index in [0.29, 0.717) is 36.2 Å². The van der Waals surface area contributed by atoms with Crippen LogP contribution in [0, 0.1) is 0 Å². The van der Waals surface area contributed by atoms with Gasteiger partial charge in [-0.3, -0.25) is 9.59 Å². The first-order chi connectivity index (χ1) is 15.1. The highest BCUT2D eigenvalue weighted by molar-refractivity contribution is 5.78. The van der Waals surface area contributed by atoms with Gasteiger partial charge in [-0.2, -0.15) is 0 Å².